The number of rotatable bonds is 6. The minimum Gasteiger partial charge on any atom is -0.465 e. The van der Waals surface area contributed by atoms with Gasteiger partial charge in [-0.15, -0.1) is 0 Å². The van der Waals surface area contributed by atoms with Crippen LogP contribution in [0.3, 0.4) is 0 Å². The lowest BCUT2D eigenvalue weighted by Crippen LogP contribution is -2.48. The van der Waals surface area contributed by atoms with Crippen molar-refractivity contribution in [2.75, 3.05) is 36.4 Å². The third-order valence-electron chi connectivity index (χ3n) is 8.79. The number of aliphatic imine (C=N–C) groups is 1. The van der Waals surface area contributed by atoms with Crippen LogP contribution in [0.25, 0.3) is 32.2 Å². The molecule has 0 atom stereocenters. The highest BCUT2D eigenvalue weighted by Crippen LogP contribution is 2.45. The predicted molar refractivity (Wildman–Crippen MR) is 210 cm³/mol. The maximum Gasteiger partial charge on any atom is 0.413 e. The SMILES string of the molecule is CC(C)(C)OC(=O)Nc1nc2c(-c3c(Cl)cc4c(N5CCN(C(=O)O)CC5)c(C#N)c(N=C(c5ccccc5)c5ccccc5)nc4c3F)ccc(F)c2s1. The van der Waals surface area contributed by atoms with Crippen LogP contribution < -0.4 is 10.2 Å². The van der Waals surface area contributed by atoms with Gasteiger partial charge in [-0.2, -0.15) is 5.26 Å². The molecule has 1 saturated heterocycles. The number of hydrogen-bond acceptors (Lipinski definition) is 9. The fourth-order valence-corrected chi connectivity index (χ4v) is 7.57. The lowest BCUT2D eigenvalue weighted by Gasteiger charge is -2.35. The van der Waals surface area contributed by atoms with Crippen molar-refractivity contribution < 1.29 is 28.2 Å². The van der Waals surface area contributed by atoms with E-state index in [4.69, 9.17) is 26.3 Å². The fourth-order valence-electron chi connectivity index (χ4n) is 6.40. The highest BCUT2D eigenvalue weighted by Gasteiger charge is 2.30. The number of nitrogens with zero attached hydrogens (tertiary/aromatic N) is 6. The molecule has 278 valence electrons. The quantitative estimate of drug-likeness (QED) is 0.159. The second kappa shape index (κ2) is 14.9. The van der Waals surface area contributed by atoms with Gasteiger partial charge in [0.15, 0.2) is 16.8 Å². The maximum absolute atomic E-state index is 17.4. The van der Waals surface area contributed by atoms with Gasteiger partial charge in [-0.1, -0.05) is 83.6 Å². The Kier molecular flexibility index (Phi) is 10.1. The van der Waals surface area contributed by atoms with E-state index in [2.05, 4.69) is 16.4 Å². The molecule has 0 unspecified atom stereocenters. The lowest BCUT2D eigenvalue weighted by atomic mass is 9.98. The third-order valence-corrected chi connectivity index (χ3v) is 10.1. The molecule has 3 heterocycles. The van der Waals surface area contributed by atoms with Crippen molar-refractivity contribution in [2.24, 2.45) is 4.99 Å². The molecule has 15 heteroatoms. The van der Waals surface area contributed by atoms with Crippen LogP contribution in [0.1, 0.15) is 37.5 Å². The Balaban J connectivity index is 1.47. The van der Waals surface area contributed by atoms with Crippen LogP contribution in [-0.2, 0) is 4.74 Å². The molecule has 11 nitrogen and oxygen atoms in total. The molecule has 0 aliphatic carbocycles. The first-order valence-electron chi connectivity index (χ1n) is 17.1. The van der Waals surface area contributed by atoms with E-state index in [0.29, 0.717) is 11.4 Å². The average molecular weight is 780 g/mol. The van der Waals surface area contributed by atoms with Crippen LogP contribution in [-0.4, -0.2) is 69.7 Å². The molecule has 4 aromatic carbocycles. The van der Waals surface area contributed by atoms with E-state index in [9.17, 15) is 20.0 Å². The minimum atomic E-state index is -1.07. The van der Waals surface area contributed by atoms with Gasteiger partial charge >= 0.3 is 12.2 Å². The number of halogens is 3. The summed E-state index contributed by atoms with van der Waals surface area (Å²) in [5.74, 6) is -1.59. The van der Waals surface area contributed by atoms with Crippen molar-refractivity contribution in [3.05, 3.63) is 112 Å². The largest absolute Gasteiger partial charge is 0.465 e. The number of fused-ring (bicyclic) bond motifs is 2. The Labute approximate surface area is 323 Å². The Hall–Kier alpha value is -6.17. The zero-order valence-electron chi connectivity index (χ0n) is 29.7. The molecule has 0 radical (unpaired) electrons. The number of benzene rings is 4. The van der Waals surface area contributed by atoms with E-state index >= 15 is 8.78 Å². The van der Waals surface area contributed by atoms with E-state index in [1.807, 2.05) is 65.6 Å². The summed E-state index contributed by atoms with van der Waals surface area (Å²) in [7, 11) is 0. The number of anilines is 2. The smallest absolute Gasteiger partial charge is 0.413 e. The van der Waals surface area contributed by atoms with Crippen molar-refractivity contribution in [1.82, 2.24) is 14.9 Å². The first-order chi connectivity index (χ1) is 26.3. The molecule has 7 rings (SSSR count). The number of thiazole rings is 1. The standard InChI is InChI=1S/C40H32ClF2N7O4S/c1-40(2,3)54-38(51)48-37-47-33-24(14-15-28(42)35(33)55-37)29-27(41)20-25-32(30(29)43)46-36(26(21-44)34(25)49-16-18-50(19-17-49)39(52)53)45-31(22-10-6-4-7-11-22)23-12-8-5-9-13-23/h4-15,20H,16-19H2,1-3H3,(H,52,53)(H,47,48,51). The number of pyridine rings is 1. The molecule has 1 aliphatic rings. The molecular formula is C40H32ClF2N7O4S. The highest BCUT2D eigenvalue weighted by molar-refractivity contribution is 7.22. The van der Waals surface area contributed by atoms with E-state index in [0.717, 1.165) is 28.5 Å². The van der Waals surface area contributed by atoms with Crippen LogP contribution in [0.5, 0.6) is 0 Å². The first-order valence-corrected chi connectivity index (χ1v) is 18.3. The molecule has 6 aromatic rings. The fraction of sp³-hybridized carbons (Fsp3) is 0.200. The number of nitrogens with one attached hydrogen (secondary N) is 1. The molecule has 55 heavy (non-hydrogen) atoms. The first kappa shape index (κ1) is 37.2. The summed E-state index contributed by atoms with van der Waals surface area (Å²) >= 11 is 7.76. The van der Waals surface area contributed by atoms with E-state index in [1.165, 1.54) is 17.0 Å². The summed E-state index contributed by atoms with van der Waals surface area (Å²) in [6.45, 7) is 5.74. The summed E-state index contributed by atoms with van der Waals surface area (Å²) < 4.78 is 38.0. The minimum absolute atomic E-state index is 0.0264. The second-order valence-corrected chi connectivity index (χ2v) is 15.0. The van der Waals surface area contributed by atoms with Crippen LogP contribution >= 0.6 is 22.9 Å². The van der Waals surface area contributed by atoms with Gasteiger partial charge in [0.05, 0.1) is 26.6 Å². The van der Waals surface area contributed by atoms with Gasteiger partial charge in [0, 0.05) is 53.8 Å². The number of ether oxygens (including phenoxy) is 1. The van der Waals surface area contributed by atoms with E-state index in [-0.39, 0.29) is 80.0 Å². The zero-order valence-corrected chi connectivity index (χ0v) is 31.3. The lowest BCUT2D eigenvalue weighted by molar-refractivity contribution is 0.0635. The van der Waals surface area contributed by atoms with E-state index in [1.54, 1.807) is 20.8 Å². The number of piperazine rings is 1. The molecule has 0 spiro atoms. The van der Waals surface area contributed by atoms with Gasteiger partial charge in [-0.3, -0.25) is 5.32 Å². The topological polar surface area (TPSA) is 144 Å². The van der Waals surface area contributed by atoms with Crippen LogP contribution in [0.4, 0.5) is 35.0 Å². The number of hydrogen-bond donors (Lipinski definition) is 2. The Morgan fingerprint density at radius 1 is 0.964 bits per heavy atom. The Morgan fingerprint density at radius 2 is 1.60 bits per heavy atom. The molecule has 2 amide bonds. The summed E-state index contributed by atoms with van der Waals surface area (Å²) in [5.41, 5.74) is 1.35. The van der Waals surface area contributed by atoms with Crippen LogP contribution in [0.2, 0.25) is 5.02 Å². The monoisotopic (exact) mass is 779 g/mol. The highest BCUT2D eigenvalue weighted by atomic mass is 35.5. The number of amides is 2. The van der Waals surface area contributed by atoms with Gasteiger partial charge in [0.2, 0.25) is 0 Å². The number of nitriles is 1. The molecule has 1 fully saturated rings. The van der Waals surface area contributed by atoms with Gasteiger partial charge in [0.1, 0.15) is 28.6 Å². The van der Waals surface area contributed by atoms with Gasteiger partial charge in [-0.05, 0) is 39.0 Å². The molecule has 0 bridgehead atoms. The number of carbonyl (C=O) groups is 2. The predicted octanol–water partition coefficient (Wildman–Crippen LogP) is 9.63. The molecular weight excluding hydrogens is 748 g/mol. The number of aromatic nitrogens is 2. The Bertz CT molecular complexity index is 2510. The van der Waals surface area contributed by atoms with Crippen molar-refractivity contribution >= 4 is 78.6 Å². The Morgan fingerprint density at radius 3 is 2.18 bits per heavy atom. The normalized spacial score (nSPS) is 13.1. The van der Waals surface area contributed by atoms with Crippen LogP contribution in [0, 0.1) is 23.0 Å². The summed E-state index contributed by atoms with van der Waals surface area (Å²) in [5, 5.41) is 23.0. The van der Waals surface area contributed by atoms with Crippen molar-refractivity contribution in [1.29, 1.82) is 5.26 Å². The average Bonchev–Trinajstić information content (AvgIpc) is 3.58. The maximum atomic E-state index is 17.4. The van der Waals surface area contributed by atoms with Crippen molar-refractivity contribution in [3.63, 3.8) is 0 Å². The molecule has 2 N–H and O–H groups in total. The van der Waals surface area contributed by atoms with Gasteiger partial charge in [-0.25, -0.2) is 33.3 Å². The number of carbonyl (C=O) groups excluding carboxylic acids is 1. The molecule has 2 aromatic heterocycles. The third kappa shape index (κ3) is 7.49. The van der Waals surface area contributed by atoms with Gasteiger partial charge < -0.3 is 19.6 Å². The number of carboxylic acid groups (broad SMARTS) is 1. The van der Waals surface area contributed by atoms with Crippen molar-refractivity contribution in [3.8, 4) is 17.2 Å². The summed E-state index contributed by atoms with van der Waals surface area (Å²) in [6, 6.07) is 24.8. The summed E-state index contributed by atoms with van der Waals surface area (Å²) in [6.07, 6.45) is -1.87. The van der Waals surface area contributed by atoms with Crippen LogP contribution in [0.15, 0.2) is 83.9 Å². The molecule has 0 saturated carbocycles. The molecule has 1 aliphatic heterocycles. The summed E-state index contributed by atoms with van der Waals surface area (Å²) in [4.78, 5) is 41.5. The van der Waals surface area contributed by atoms with Crippen molar-refractivity contribution in [2.45, 2.75) is 26.4 Å². The second-order valence-electron chi connectivity index (χ2n) is 13.6. The van der Waals surface area contributed by atoms with E-state index < -0.39 is 29.4 Å². The zero-order chi connectivity index (χ0) is 39.0. The van der Waals surface area contributed by atoms with Gasteiger partial charge in [0.25, 0.3) is 0 Å².